The summed E-state index contributed by atoms with van der Waals surface area (Å²) in [7, 11) is 0. The molecule has 0 aromatic carbocycles. The van der Waals surface area contributed by atoms with Crippen LogP contribution in [0.4, 0.5) is 0 Å². The van der Waals surface area contributed by atoms with E-state index in [-0.39, 0.29) is 0 Å². The zero-order valence-electron chi connectivity index (χ0n) is 5.73. The Labute approximate surface area is 65.9 Å². The maximum atomic E-state index is 9.05. The molecular weight excluding hydrogens is 169 g/mol. The minimum absolute atomic E-state index is 0.754. The van der Waals surface area contributed by atoms with Crippen LogP contribution in [0.2, 0.25) is 0 Å². The van der Waals surface area contributed by atoms with Gasteiger partial charge in [0, 0.05) is 13.1 Å². The normalized spacial score (nSPS) is 23.0. The quantitative estimate of drug-likeness (QED) is 0.584. The fourth-order valence-corrected chi connectivity index (χ4v) is 2.43. The lowest BCUT2D eigenvalue weighted by Crippen LogP contribution is -2.26. The Morgan fingerprint density at radius 3 is 1.90 bits per heavy atom. The molecule has 10 heavy (non-hydrogen) atoms. The van der Waals surface area contributed by atoms with Crippen molar-refractivity contribution in [2.24, 2.45) is 0 Å². The van der Waals surface area contributed by atoms with Gasteiger partial charge in [-0.3, -0.25) is 0 Å². The summed E-state index contributed by atoms with van der Waals surface area (Å²) in [6.07, 6.45) is 3.27. The second kappa shape index (κ2) is 3.28. The van der Waals surface area contributed by atoms with Crippen LogP contribution in [0.15, 0.2) is 0 Å². The van der Waals surface area contributed by atoms with E-state index in [1.807, 2.05) is 0 Å². The molecule has 1 aliphatic heterocycles. The molecule has 1 aliphatic rings. The van der Waals surface area contributed by atoms with Crippen LogP contribution in [-0.4, -0.2) is 27.5 Å². The van der Waals surface area contributed by atoms with Crippen molar-refractivity contribution in [3.05, 3.63) is 0 Å². The van der Waals surface area contributed by atoms with E-state index >= 15 is 0 Å². The van der Waals surface area contributed by atoms with Crippen LogP contribution in [0.3, 0.4) is 0 Å². The predicted octanol–water partition coefficient (Wildman–Crippen LogP) is 0.681. The summed E-state index contributed by atoms with van der Waals surface area (Å²) < 4.78 is 1.62. The lowest BCUT2D eigenvalue weighted by Gasteiger charge is -2.29. The van der Waals surface area contributed by atoms with E-state index in [1.165, 1.54) is 6.42 Å². The number of piperidine rings is 1. The summed E-state index contributed by atoms with van der Waals surface area (Å²) in [6, 6.07) is 0. The van der Waals surface area contributed by atoms with E-state index in [4.69, 9.17) is 9.79 Å². The SMILES string of the molecule is OP(O)(=S)N1CCCCC1. The average molecular weight is 181 g/mol. The van der Waals surface area contributed by atoms with Gasteiger partial charge in [-0.05, 0) is 24.6 Å². The molecule has 0 aromatic rings. The van der Waals surface area contributed by atoms with Gasteiger partial charge in [-0.25, -0.2) is 4.67 Å². The highest BCUT2D eigenvalue weighted by atomic mass is 32.5. The Morgan fingerprint density at radius 1 is 1.10 bits per heavy atom. The van der Waals surface area contributed by atoms with Gasteiger partial charge in [-0.2, -0.15) is 0 Å². The second-order valence-electron chi connectivity index (χ2n) is 2.53. The molecule has 60 valence electrons. The Balaban J connectivity index is 2.47. The van der Waals surface area contributed by atoms with Gasteiger partial charge >= 0.3 is 0 Å². The monoisotopic (exact) mass is 181 g/mol. The van der Waals surface area contributed by atoms with E-state index in [9.17, 15) is 0 Å². The first-order chi connectivity index (χ1) is 4.61. The zero-order valence-corrected chi connectivity index (χ0v) is 7.44. The Kier molecular flexibility index (Phi) is 2.83. The highest BCUT2D eigenvalue weighted by Gasteiger charge is 2.21. The van der Waals surface area contributed by atoms with Crippen LogP contribution >= 0.6 is 6.64 Å². The summed E-state index contributed by atoms with van der Waals surface area (Å²) in [5.74, 6) is 0. The summed E-state index contributed by atoms with van der Waals surface area (Å²) in [4.78, 5) is 18.1. The summed E-state index contributed by atoms with van der Waals surface area (Å²) in [5, 5.41) is 0. The first-order valence-corrected chi connectivity index (χ1v) is 6.08. The van der Waals surface area contributed by atoms with Crippen LogP contribution in [0.25, 0.3) is 0 Å². The molecule has 0 atom stereocenters. The maximum Gasteiger partial charge on any atom is 0.258 e. The van der Waals surface area contributed by atoms with Crippen LogP contribution in [0.1, 0.15) is 19.3 Å². The largest absolute Gasteiger partial charge is 0.334 e. The lowest BCUT2D eigenvalue weighted by molar-refractivity contribution is 0.296. The lowest BCUT2D eigenvalue weighted by atomic mass is 10.2. The fraction of sp³-hybridized carbons (Fsp3) is 1.00. The molecule has 1 heterocycles. The highest BCUT2D eigenvalue weighted by molar-refractivity contribution is 8.07. The zero-order chi connectivity index (χ0) is 7.61. The summed E-state index contributed by atoms with van der Waals surface area (Å²) in [6.45, 7) is -1.57. The van der Waals surface area contributed by atoms with E-state index in [1.54, 1.807) is 4.67 Å². The van der Waals surface area contributed by atoms with Crippen LogP contribution in [0, 0.1) is 0 Å². The topological polar surface area (TPSA) is 43.7 Å². The van der Waals surface area contributed by atoms with Gasteiger partial charge in [-0.1, -0.05) is 6.42 Å². The molecule has 0 aromatic heterocycles. The molecule has 0 aliphatic carbocycles. The molecule has 1 fully saturated rings. The smallest absolute Gasteiger partial charge is 0.258 e. The van der Waals surface area contributed by atoms with Crippen molar-refractivity contribution in [3.63, 3.8) is 0 Å². The van der Waals surface area contributed by atoms with Gasteiger partial charge in [0.25, 0.3) is 6.64 Å². The molecule has 1 rings (SSSR count). The van der Waals surface area contributed by atoms with Gasteiger partial charge < -0.3 is 9.79 Å². The van der Waals surface area contributed by atoms with Crippen LogP contribution < -0.4 is 0 Å². The molecule has 0 radical (unpaired) electrons. The number of rotatable bonds is 1. The van der Waals surface area contributed by atoms with E-state index in [0.29, 0.717) is 0 Å². The van der Waals surface area contributed by atoms with Gasteiger partial charge in [0.2, 0.25) is 0 Å². The first kappa shape index (κ1) is 8.62. The first-order valence-electron chi connectivity index (χ1n) is 3.42. The third kappa shape index (κ3) is 2.29. The molecule has 3 nitrogen and oxygen atoms in total. The van der Waals surface area contributed by atoms with Crippen molar-refractivity contribution in [1.29, 1.82) is 0 Å². The van der Waals surface area contributed by atoms with Crippen molar-refractivity contribution in [1.82, 2.24) is 4.67 Å². The third-order valence-corrected chi connectivity index (χ3v) is 3.53. The maximum absolute atomic E-state index is 9.05. The Bertz CT molecular complexity index is 152. The third-order valence-electron chi connectivity index (χ3n) is 1.70. The second-order valence-corrected chi connectivity index (χ2v) is 5.59. The van der Waals surface area contributed by atoms with Gasteiger partial charge in [-0.15, -0.1) is 0 Å². The van der Waals surface area contributed by atoms with Crippen molar-refractivity contribution in [2.45, 2.75) is 19.3 Å². The summed E-state index contributed by atoms with van der Waals surface area (Å²) >= 11 is 4.55. The molecular formula is C5H12NO2PS. The van der Waals surface area contributed by atoms with Crippen molar-refractivity contribution in [3.8, 4) is 0 Å². The van der Waals surface area contributed by atoms with Gasteiger partial charge in [0.15, 0.2) is 0 Å². The number of hydrogen-bond donors (Lipinski definition) is 2. The standard InChI is InChI=1S/C5H12NO2PS/c7-9(8,10)6-4-2-1-3-5-6/h1-5H2,(H2,7,8,10). The molecule has 5 heteroatoms. The van der Waals surface area contributed by atoms with E-state index in [2.05, 4.69) is 11.8 Å². The molecule has 2 N–H and O–H groups in total. The van der Waals surface area contributed by atoms with Crippen molar-refractivity contribution in [2.75, 3.05) is 13.1 Å². The molecule has 1 saturated heterocycles. The molecule has 0 amide bonds. The average Bonchev–Trinajstić information content (AvgIpc) is 1.88. The Morgan fingerprint density at radius 2 is 1.60 bits per heavy atom. The van der Waals surface area contributed by atoms with E-state index in [0.717, 1.165) is 25.9 Å². The minimum Gasteiger partial charge on any atom is -0.334 e. The predicted molar refractivity (Wildman–Crippen MR) is 44.1 cm³/mol. The molecule has 0 unspecified atom stereocenters. The van der Waals surface area contributed by atoms with Gasteiger partial charge in [0.1, 0.15) is 0 Å². The number of hydrogen-bond acceptors (Lipinski definition) is 1. The summed E-state index contributed by atoms with van der Waals surface area (Å²) in [5.41, 5.74) is 0. The molecule has 0 bridgehead atoms. The molecule has 0 saturated carbocycles. The fourth-order valence-electron chi connectivity index (χ4n) is 1.14. The van der Waals surface area contributed by atoms with E-state index < -0.39 is 6.64 Å². The van der Waals surface area contributed by atoms with Gasteiger partial charge in [0.05, 0.1) is 0 Å². The number of nitrogens with zero attached hydrogens (tertiary/aromatic N) is 1. The van der Waals surface area contributed by atoms with Crippen LogP contribution in [0.5, 0.6) is 0 Å². The Hall–Kier alpha value is 0.530. The molecule has 0 spiro atoms. The minimum atomic E-state index is -3.07. The highest BCUT2D eigenvalue weighted by Crippen LogP contribution is 2.41. The van der Waals surface area contributed by atoms with Crippen LogP contribution in [-0.2, 0) is 11.8 Å². The van der Waals surface area contributed by atoms with Crippen molar-refractivity contribution < 1.29 is 9.79 Å². The van der Waals surface area contributed by atoms with Crippen molar-refractivity contribution >= 4 is 18.4 Å².